The van der Waals surface area contributed by atoms with Gasteiger partial charge in [-0.15, -0.1) is 0 Å². The molecule has 0 spiro atoms. The van der Waals surface area contributed by atoms with Crippen LogP contribution in [-0.2, 0) is 16.0 Å². The highest BCUT2D eigenvalue weighted by Gasteiger charge is 2.26. The van der Waals surface area contributed by atoms with Crippen LogP contribution in [0, 0.1) is 0 Å². The summed E-state index contributed by atoms with van der Waals surface area (Å²) < 4.78 is 0. The van der Waals surface area contributed by atoms with Crippen LogP contribution < -0.4 is 27.8 Å². The summed E-state index contributed by atoms with van der Waals surface area (Å²) in [5.74, 6) is -1.65. The van der Waals surface area contributed by atoms with Gasteiger partial charge in [-0.2, -0.15) is 0 Å². The number of guanidine groups is 1. The van der Waals surface area contributed by atoms with Gasteiger partial charge in [-0.05, 0) is 41.7 Å². The number of aliphatic imine (C=N–C) groups is 1. The van der Waals surface area contributed by atoms with Gasteiger partial charge in [-0.1, -0.05) is 72.8 Å². The molecule has 3 rings (SSSR count). The topological polar surface area (TPSA) is 166 Å². The van der Waals surface area contributed by atoms with Crippen molar-refractivity contribution >= 4 is 23.7 Å². The third kappa shape index (κ3) is 8.50. The van der Waals surface area contributed by atoms with Gasteiger partial charge in [-0.3, -0.25) is 19.4 Å². The molecule has 0 aliphatic carbocycles. The third-order valence-electron chi connectivity index (χ3n) is 5.76. The Balaban J connectivity index is 1.71. The van der Waals surface area contributed by atoms with E-state index in [1.54, 1.807) is 12.1 Å². The predicted molar refractivity (Wildman–Crippen MR) is 144 cm³/mol. The highest BCUT2D eigenvalue weighted by molar-refractivity contribution is 5.98. The van der Waals surface area contributed by atoms with E-state index in [0.29, 0.717) is 12.0 Å². The van der Waals surface area contributed by atoms with Crippen molar-refractivity contribution < 1.29 is 14.4 Å². The smallest absolute Gasteiger partial charge is 0.251 e. The molecule has 0 unspecified atom stereocenters. The van der Waals surface area contributed by atoms with E-state index in [4.69, 9.17) is 17.2 Å². The Morgan fingerprint density at radius 1 is 0.730 bits per heavy atom. The van der Waals surface area contributed by atoms with Crippen LogP contribution >= 0.6 is 0 Å². The van der Waals surface area contributed by atoms with Gasteiger partial charge in [0.2, 0.25) is 11.8 Å². The lowest BCUT2D eigenvalue weighted by molar-refractivity contribution is -0.128. The number of carbonyl (C=O) groups is 3. The molecular weight excluding hydrogens is 468 g/mol. The molecule has 0 fully saturated rings. The number of hydrogen-bond acceptors (Lipinski definition) is 4. The zero-order valence-corrected chi connectivity index (χ0v) is 20.5. The van der Waals surface area contributed by atoms with Crippen molar-refractivity contribution in [3.05, 3.63) is 96.1 Å². The minimum atomic E-state index is -0.933. The lowest BCUT2D eigenvalue weighted by atomic mass is 10.0. The first-order chi connectivity index (χ1) is 17.8. The maximum absolute atomic E-state index is 13.2. The molecule has 0 heterocycles. The van der Waals surface area contributed by atoms with E-state index in [9.17, 15) is 14.4 Å². The summed E-state index contributed by atoms with van der Waals surface area (Å²) in [7, 11) is 0. The molecule has 0 saturated heterocycles. The Bertz CT molecular complexity index is 1210. The minimum absolute atomic E-state index is 0.0554. The summed E-state index contributed by atoms with van der Waals surface area (Å²) in [4.78, 5) is 42.2. The zero-order chi connectivity index (χ0) is 26.6. The molecule has 0 bridgehead atoms. The molecular formula is C28H32N6O3. The molecule has 2 atom stereocenters. The molecule has 192 valence electrons. The third-order valence-corrected chi connectivity index (χ3v) is 5.76. The number of rotatable bonds is 12. The normalized spacial score (nSPS) is 12.1. The SMILES string of the molecule is NC(=O)[C@@H](Cc1ccccc1)NC(=O)[C@@H](CCCN=C(N)N)NC(=O)c1ccc(-c2ccccc2)cc1. The number of hydrogen-bond donors (Lipinski definition) is 5. The Morgan fingerprint density at radius 2 is 1.32 bits per heavy atom. The molecule has 37 heavy (non-hydrogen) atoms. The van der Waals surface area contributed by atoms with Gasteiger partial charge in [0, 0.05) is 18.5 Å². The summed E-state index contributed by atoms with van der Waals surface area (Å²) in [5.41, 5.74) is 19.6. The molecule has 3 aromatic rings. The average molecular weight is 501 g/mol. The van der Waals surface area contributed by atoms with Crippen molar-refractivity contribution in [2.24, 2.45) is 22.2 Å². The van der Waals surface area contributed by atoms with E-state index in [1.807, 2.05) is 72.8 Å². The second-order valence-electron chi connectivity index (χ2n) is 8.57. The zero-order valence-electron chi connectivity index (χ0n) is 20.5. The van der Waals surface area contributed by atoms with Gasteiger partial charge < -0.3 is 27.8 Å². The van der Waals surface area contributed by atoms with E-state index < -0.39 is 29.8 Å². The molecule has 0 aliphatic rings. The molecule has 3 aromatic carbocycles. The van der Waals surface area contributed by atoms with Crippen molar-refractivity contribution in [1.29, 1.82) is 0 Å². The van der Waals surface area contributed by atoms with Crippen molar-refractivity contribution in [3.8, 4) is 11.1 Å². The fourth-order valence-electron chi connectivity index (χ4n) is 3.80. The van der Waals surface area contributed by atoms with Crippen LogP contribution in [0.4, 0.5) is 0 Å². The lowest BCUT2D eigenvalue weighted by Crippen LogP contribution is -2.53. The maximum atomic E-state index is 13.2. The van der Waals surface area contributed by atoms with E-state index in [-0.39, 0.29) is 25.3 Å². The number of carbonyl (C=O) groups excluding carboxylic acids is 3. The molecule has 0 aromatic heterocycles. The van der Waals surface area contributed by atoms with Crippen molar-refractivity contribution in [3.63, 3.8) is 0 Å². The number of primary amides is 1. The van der Waals surface area contributed by atoms with Crippen molar-refractivity contribution in [2.75, 3.05) is 6.54 Å². The van der Waals surface area contributed by atoms with Gasteiger partial charge in [0.05, 0.1) is 0 Å². The van der Waals surface area contributed by atoms with E-state index >= 15 is 0 Å². The number of amides is 3. The Kier molecular flexibility index (Phi) is 9.78. The number of nitrogens with one attached hydrogen (secondary N) is 2. The van der Waals surface area contributed by atoms with Gasteiger partial charge in [-0.25, -0.2) is 0 Å². The summed E-state index contributed by atoms with van der Waals surface area (Å²) >= 11 is 0. The fourth-order valence-corrected chi connectivity index (χ4v) is 3.80. The quantitative estimate of drug-likeness (QED) is 0.145. The van der Waals surface area contributed by atoms with Gasteiger partial charge in [0.15, 0.2) is 5.96 Å². The Hall–Kier alpha value is -4.66. The van der Waals surface area contributed by atoms with Crippen molar-refractivity contribution in [1.82, 2.24) is 10.6 Å². The highest BCUT2D eigenvalue weighted by Crippen LogP contribution is 2.19. The van der Waals surface area contributed by atoms with E-state index in [2.05, 4.69) is 15.6 Å². The summed E-state index contributed by atoms with van der Waals surface area (Å²) in [6.07, 6.45) is 0.925. The van der Waals surface area contributed by atoms with Crippen LogP contribution in [-0.4, -0.2) is 42.3 Å². The highest BCUT2D eigenvalue weighted by atomic mass is 16.2. The largest absolute Gasteiger partial charge is 0.370 e. The molecule has 0 radical (unpaired) electrons. The lowest BCUT2D eigenvalue weighted by Gasteiger charge is -2.22. The summed E-state index contributed by atoms with van der Waals surface area (Å²) in [6.45, 7) is 0.289. The second-order valence-corrected chi connectivity index (χ2v) is 8.57. The van der Waals surface area contributed by atoms with Crippen LogP contribution in [0.5, 0.6) is 0 Å². The first kappa shape index (κ1) is 26.9. The van der Waals surface area contributed by atoms with E-state index in [0.717, 1.165) is 16.7 Å². The van der Waals surface area contributed by atoms with Crippen LogP contribution in [0.1, 0.15) is 28.8 Å². The molecule has 3 amide bonds. The van der Waals surface area contributed by atoms with Crippen LogP contribution in [0.2, 0.25) is 0 Å². The fraction of sp³-hybridized carbons (Fsp3) is 0.214. The molecule has 9 heteroatoms. The number of nitrogens with two attached hydrogens (primary N) is 3. The minimum Gasteiger partial charge on any atom is -0.370 e. The first-order valence-corrected chi connectivity index (χ1v) is 12.0. The summed E-state index contributed by atoms with van der Waals surface area (Å²) in [5, 5.41) is 5.46. The molecule has 8 N–H and O–H groups in total. The molecule has 0 aliphatic heterocycles. The predicted octanol–water partition coefficient (Wildman–Crippen LogP) is 1.72. The standard InChI is InChI=1S/C28H32N6O3/c29-25(35)24(18-19-8-3-1-4-9-19)34-27(37)23(12-7-17-32-28(30)31)33-26(36)22-15-13-21(14-16-22)20-10-5-2-6-11-20/h1-6,8-11,13-16,23-24H,7,12,17-18H2,(H2,29,35)(H,33,36)(H,34,37)(H4,30,31,32)/t23-,24-/m1/s1. The van der Waals surface area contributed by atoms with Gasteiger partial charge in [0.25, 0.3) is 5.91 Å². The first-order valence-electron chi connectivity index (χ1n) is 12.0. The van der Waals surface area contributed by atoms with E-state index in [1.165, 1.54) is 0 Å². The molecule has 0 saturated carbocycles. The number of benzene rings is 3. The van der Waals surface area contributed by atoms with Crippen LogP contribution in [0.25, 0.3) is 11.1 Å². The van der Waals surface area contributed by atoms with Crippen LogP contribution in [0.15, 0.2) is 89.9 Å². The van der Waals surface area contributed by atoms with Gasteiger partial charge in [0.1, 0.15) is 12.1 Å². The van der Waals surface area contributed by atoms with Crippen molar-refractivity contribution in [2.45, 2.75) is 31.3 Å². The number of nitrogens with zero attached hydrogens (tertiary/aromatic N) is 1. The second kappa shape index (κ2) is 13.4. The Labute approximate surface area is 216 Å². The monoisotopic (exact) mass is 500 g/mol. The molecule has 9 nitrogen and oxygen atoms in total. The maximum Gasteiger partial charge on any atom is 0.251 e. The summed E-state index contributed by atoms with van der Waals surface area (Å²) in [6, 6.07) is 24.3. The van der Waals surface area contributed by atoms with Gasteiger partial charge >= 0.3 is 0 Å². The van der Waals surface area contributed by atoms with Crippen LogP contribution in [0.3, 0.4) is 0 Å². The average Bonchev–Trinajstić information content (AvgIpc) is 2.90. The Morgan fingerprint density at radius 3 is 1.92 bits per heavy atom.